The van der Waals surface area contributed by atoms with Gasteiger partial charge in [0, 0.05) is 6.61 Å². The molecule has 2 atom stereocenters. The first-order valence-electron chi connectivity index (χ1n) is 6.62. The Morgan fingerprint density at radius 1 is 1.41 bits per heavy atom. The Kier molecular flexibility index (Phi) is 4.19. The lowest BCUT2D eigenvalue weighted by molar-refractivity contribution is -0.0228. The molecule has 1 aromatic carbocycles. The third-order valence-corrected chi connectivity index (χ3v) is 3.70. The summed E-state index contributed by atoms with van der Waals surface area (Å²) >= 11 is 0. The van der Waals surface area contributed by atoms with Gasteiger partial charge in [0.25, 0.3) is 0 Å². The van der Waals surface area contributed by atoms with E-state index in [1.165, 1.54) is 24.8 Å². The van der Waals surface area contributed by atoms with Crippen molar-refractivity contribution < 1.29 is 9.84 Å². The Bertz CT molecular complexity index is 358. The first-order valence-corrected chi connectivity index (χ1v) is 6.62. The smallest absolute Gasteiger partial charge is 0.105 e. The van der Waals surface area contributed by atoms with E-state index in [1.54, 1.807) is 0 Å². The molecule has 2 unspecified atom stereocenters. The lowest BCUT2D eigenvalue weighted by atomic mass is 9.79. The third kappa shape index (κ3) is 2.88. The number of hydrogen-bond acceptors (Lipinski definition) is 2. The second-order valence-electron chi connectivity index (χ2n) is 4.90. The van der Waals surface area contributed by atoms with Gasteiger partial charge in [0.1, 0.15) is 6.10 Å². The minimum absolute atomic E-state index is 0.142. The average Bonchev–Trinajstić information content (AvgIpc) is 2.26. The summed E-state index contributed by atoms with van der Waals surface area (Å²) in [5.74, 6) is 0.713. The van der Waals surface area contributed by atoms with Gasteiger partial charge in [-0.15, -0.1) is 0 Å². The van der Waals surface area contributed by atoms with Crippen molar-refractivity contribution in [2.45, 2.75) is 51.2 Å². The zero-order valence-electron chi connectivity index (χ0n) is 10.7. The molecule has 2 nitrogen and oxygen atoms in total. The van der Waals surface area contributed by atoms with E-state index in [-0.39, 0.29) is 6.10 Å². The Balaban J connectivity index is 2.09. The highest BCUT2D eigenvalue weighted by molar-refractivity contribution is 5.29. The molecule has 1 aliphatic carbocycles. The summed E-state index contributed by atoms with van der Waals surface area (Å²) in [5.41, 5.74) is 2.35. The van der Waals surface area contributed by atoms with Crippen molar-refractivity contribution in [2.24, 2.45) is 0 Å². The van der Waals surface area contributed by atoms with E-state index in [0.717, 1.165) is 5.56 Å². The molecule has 1 aliphatic rings. The maximum absolute atomic E-state index is 10.2. The fraction of sp³-hybridized carbons (Fsp3) is 0.600. The molecule has 0 aliphatic heterocycles. The van der Waals surface area contributed by atoms with Gasteiger partial charge >= 0.3 is 0 Å². The van der Waals surface area contributed by atoms with Crippen molar-refractivity contribution in [2.75, 3.05) is 6.61 Å². The van der Waals surface area contributed by atoms with E-state index in [0.29, 0.717) is 12.5 Å². The maximum Gasteiger partial charge on any atom is 0.105 e. The number of benzene rings is 1. The second-order valence-corrected chi connectivity index (χ2v) is 4.90. The molecular weight excluding hydrogens is 212 g/mol. The molecule has 0 saturated heterocycles. The summed E-state index contributed by atoms with van der Waals surface area (Å²) in [6.07, 6.45) is 3.26. The SMILES string of the molecule is CCOC(C)C(O)c1cccc(C2CCC2)c1. The van der Waals surface area contributed by atoms with Crippen LogP contribution in [0.15, 0.2) is 24.3 Å². The molecule has 0 heterocycles. The molecule has 2 heteroatoms. The molecule has 0 spiro atoms. The van der Waals surface area contributed by atoms with E-state index in [9.17, 15) is 5.11 Å². The fourth-order valence-electron chi connectivity index (χ4n) is 2.36. The van der Waals surface area contributed by atoms with Crippen LogP contribution in [-0.2, 0) is 4.74 Å². The molecule has 1 saturated carbocycles. The van der Waals surface area contributed by atoms with E-state index >= 15 is 0 Å². The zero-order chi connectivity index (χ0) is 12.3. The van der Waals surface area contributed by atoms with Gasteiger partial charge in [-0.05, 0) is 43.7 Å². The Hall–Kier alpha value is -0.860. The van der Waals surface area contributed by atoms with Crippen LogP contribution in [0.1, 0.15) is 56.3 Å². The maximum atomic E-state index is 10.2. The molecule has 1 N–H and O–H groups in total. The fourth-order valence-corrected chi connectivity index (χ4v) is 2.36. The van der Waals surface area contributed by atoms with Crippen LogP contribution in [-0.4, -0.2) is 17.8 Å². The molecular formula is C15H22O2. The van der Waals surface area contributed by atoms with Crippen molar-refractivity contribution in [1.29, 1.82) is 0 Å². The van der Waals surface area contributed by atoms with Gasteiger partial charge in [0.15, 0.2) is 0 Å². The monoisotopic (exact) mass is 234 g/mol. The first-order chi connectivity index (χ1) is 8.22. The number of aliphatic hydroxyl groups is 1. The lowest BCUT2D eigenvalue weighted by Gasteiger charge is -2.27. The average molecular weight is 234 g/mol. The van der Waals surface area contributed by atoms with Crippen LogP contribution in [0.2, 0.25) is 0 Å². The van der Waals surface area contributed by atoms with Crippen molar-refractivity contribution in [3.05, 3.63) is 35.4 Å². The highest BCUT2D eigenvalue weighted by Gasteiger charge is 2.22. The lowest BCUT2D eigenvalue weighted by Crippen LogP contribution is -2.19. The summed E-state index contributed by atoms with van der Waals surface area (Å²) in [7, 11) is 0. The summed E-state index contributed by atoms with van der Waals surface area (Å²) in [5, 5.41) is 10.2. The molecule has 0 aromatic heterocycles. The van der Waals surface area contributed by atoms with Gasteiger partial charge < -0.3 is 9.84 Å². The van der Waals surface area contributed by atoms with Crippen molar-refractivity contribution in [1.82, 2.24) is 0 Å². The molecule has 1 aromatic rings. The van der Waals surface area contributed by atoms with E-state index in [1.807, 2.05) is 26.0 Å². The van der Waals surface area contributed by atoms with Crippen molar-refractivity contribution in [3.63, 3.8) is 0 Å². The topological polar surface area (TPSA) is 29.5 Å². The summed E-state index contributed by atoms with van der Waals surface area (Å²) < 4.78 is 5.45. The van der Waals surface area contributed by atoms with Crippen molar-refractivity contribution in [3.8, 4) is 0 Å². The largest absolute Gasteiger partial charge is 0.386 e. The normalized spacial score (nSPS) is 19.7. The van der Waals surface area contributed by atoms with Crippen LogP contribution >= 0.6 is 0 Å². The molecule has 0 bridgehead atoms. The summed E-state index contributed by atoms with van der Waals surface area (Å²) in [4.78, 5) is 0. The highest BCUT2D eigenvalue weighted by Crippen LogP contribution is 2.37. The van der Waals surface area contributed by atoms with E-state index in [2.05, 4.69) is 12.1 Å². The van der Waals surface area contributed by atoms with Crippen LogP contribution < -0.4 is 0 Å². The van der Waals surface area contributed by atoms with Crippen LogP contribution in [0.3, 0.4) is 0 Å². The van der Waals surface area contributed by atoms with Gasteiger partial charge in [-0.25, -0.2) is 0 Å². The molecule has 94 valence electrons. The third-order valence-electron chi connectivity index (χ3n) is 3.70. The molecule has 0 radical (unpaired) electrons. The zero-order valence-corrected chi connectivity index (χ0v) is 10.7. The van der Waals surface area contributed by atoms with Crippen LogP contribution in [0.5, 0.6) is 0 Å². The number of hydrogen-bond donors (Lipinski definition) is 1. The predicted molar refractivity (Wildman–Crippen MR) is 69.1 cm³/mol. The highest BCUT2D eigenvalue weighted by atomic mass is 16.5. The van der Waals surface area contributed by atoms with Gasteiger partial charge in [-0.2, -0.15) is 0 Å². The number of ether oxygens (including phenoxy) is 1. The van der Waals surface area contributed by atoms with Crippen LogP contribution in [0, 0.1) is 0 Å². The first kappa shape index (κ1) is 12.6. The van der Waals surface area contributed by atoms with Crippen molar-refractivity contribution >= 4 is 0 Å². The van der Waals surface area contributed by atoms with E-state index < -0.39 is 6.10 Å². The van der Waals surface area contributed by atoms with Crippen LogP contribution in [0.4, 0.5) is 0 Å². The van der Waals surface area contributed by atoms with Gasteiger partial charge in [0.05, 0.1) is 6.10 Å². The number of rotatable bonds is 5. The second kappa shape index (κ2) is 5.65. The van der Waals surface area contributed by atoms with E-state index in [4.69, 9.17) is 4.74 Å². The van der Waals surface area contributed by atoms with Gasteiger partial charge in [-0.1, -0.05) is 30.7 Å². The Morgan fingerprint density at radius 2 is 2.18 bits per heavy atom. The summed E-state index contributed by atoms with van der Waals surface area (Å²) in [6, 6.07) is 8.35. The molecule has 1 fully saturated rings. The minimum Gasteiger partial charge on any atom is -0.386 e. The summed E-state index contributed by atoms with van der Waals surface area (Å²) in [6.45, 7) is 4.51. The van der Waals surface area contributed by atoms with Gasteiger partial charge in [-0.3, -0.25) is 0 Å². The van der Waals surface area contributed by atoms with Crippen LogP contribution in [0.25, 0.3) is 0 Å². The Morgan fingerprint density at radius 3 is 2.76 bits per heavy atom. The molecule has 17 heavy (non-hydrogen) atoms. The molecule has 2 rings (SSSR count). The standard InChI is InChI=1S/C15H22O2/c1-3-17-11(2)15(16)14-9-5-8-13(10-14)12-6-4-7-12/h5,8-12,15-16H,3-4,6-7H2,1-2H3. The minimum atomic E-state index is -0.519. The molecule has 0 amide bonds. The Labute approximate surface area is 104 Å². The predicted octanol–water partition coefficient (Wildman–Crippen LogP) is 3.41. The quantitative estimate of drug-likeness (QED) is 0.846. The van der Waals surface area contributed by atoms with Gasteiger partial charge in [0.2, 0.25) is 0 Å². The number of aliphatic hydroxyl groups excluding tert-OH is 1.